The third-order valence-corrected chi connectivity index (χ3v) is 4.12. The Morgan fingerprint density at radius 3 is 2.63 bits per heavy atom. The number of carbonyl (C=O) groups is 1. The van der Waals surface area contributed by atoms with Crippen LogP contribution in [0.15, 0.2) is 28.7 Å². The minimum absolute atomic E-state index is 0. The van der Waals surface area contributed by atoms with Crippen LogP contribution < -0.4 is 5.73 Å². The molecule has 2 N–H and O–H groups in total. The molecule has 1 fully saturated rings. The fourth-order valence-corrected chi connectivity index (χ4v) is 2.54. The van der Waals surface area contributed by atoms with E-state index in [9.17, 15) is 4.79 Å². The van der Waals surface area contributed by atoms with E-state index in [4.69, 9.17) is 5.73 Å². The quantitative estimate of drug-likeness (QED) is 0.894. The second-order valence-electron chi connectivity index (χ2n) is 5.07. The Morgan fingerprint density at radius 1 is 1.42 bits per heavy atom. The smallest absolute Gasteiger partial charge is 0.227 e. The number of nitrogens with zero attached hydrogens (tertiary/aromatic N) is 1. The van der Waals surface area contributed by atoms with Crippen LogP contribution in [-0.4, -0.2) is 29.9 Å². The number of carbonyl (C=O) groups excluding carboxylic acids is 1. The molecule has 1 aliphatic rings. The fourth-order valence-electron chi connectivity index (χ4n) is 2.28. The predicted octanol–water partition coefficient (Wildman–Crippen LogP) is 2.61. The Balaban J connectivity index is 0.00000180. The van der Waals surface area contributed by atoms with Crippen molar-refractivity contribution < 1.29 is 4.79 Å². The molecule has 1 aromatic carbocycles. The summed E-state index contributed by atoms with van der Waals surface area (Å²) in [5, 5.41) is 0. The molecule has 106 valence electrons. The third-order valence-electron chi connectivity index (χ3n) is 3.59. The molecule has 2 rings (SSSR count). The number of nitrogens with two attached hydrogens (primary N) is 1. The van der Waals surface area contributed by atoms with Gasteiger partial charge in [0.1, 0.15) is 0 Å². The normalized spacial score (nSPS) is 22.8. The summed E-state index contributed by atoms with van der Waals surface area (Å²) in [6.07, 6.45) is 1.39. The van der Waals surface area contributed by atoms with Crippen LogP contribution in [0, 0.1) is 5.92 Å². The van der Waals surface area contributed by atoms with Crippen molar-refractivity contribution in [1.29, 1.82) is 0 Å². The highest BCUT2D eigenvalue weighted by Crippen LogP contribution is 2.17. The van der Waals surface area contributed by atoms with Crippen LogP contribution in [0.5, 0.6) is 0 Å². The maximum atomic E-state index is 12.2. The van der Waals surface area contributed by atoms with Crippen molar-refractivity contribution >= 4 is 34.2 Å². The maximum absolute atomic E-state index is 12.2. The highest BCUT2D eigenvalue weighted by atomic mass is 79.9. The highest BCUT2D eigenvalue weighted by Gasteiger charge is 2.25. The van der Waals surface area contributed by atoms with Crippen molar-refractivity contribution in [1.82, 2.24) is 4.90 Å². The minimum atomic E-state index is 0. The molecular formula is C14H20BrClN2O. The standard InChI is InChI=1S/C14H19BrN2O.ClH/c1-10-9-17(7-6-13(10)16)14(18)8-11-2-4-12(15)5-3-11;/h2-5,10,13H,6-9,16H2,1H3;1H. The Hall–Kier alpha value is -0.580. The topological polar surface area (TPSA) is 46.3 Å². The van der Waals surface area contributed by atoms with E-state index in [1.54, 1.807) is 0 Å². The van der Waals surface area contributed by atoms with E-state index in [1.165, 1.54) is 0 Å². The molecule has 5 heteroatoms. The summed E-state index contributed by atoms with van der Waals surface area (Å²) in [6, 6.07) is 8.15. The number of piperidine rings is 1. The summed E-state index contributed by atoms with van der Waals surface area (Å²) >= 11 is 3.39. The van der Waals surface area contributed by atoms with E-state index < -0.39 is 0 Å². The first-order chi connectivity index (χ1) is 8.56. The maximum Gasteiger partial charge on any atom is 0.227 e. The average molecular weight is 348 g/mol. The zero-order valence-corrected chi connectivity index (χ0v) is 13.4. The molecule has 0 spiro atoms. The zero-order chi connectivity index (χ0) is 13.1. The molecule has 1 aromatic rings. The van der Waals surface area contributed by atoms with Crippen molar-refractivity contribution in [2.45, 2.75) is 25.8 Å². The number of benzene rings is 1. The first kappa shape index (κ1) is 16.5. The van der Waals surface area contributed by atoms with Crippen LogP contribution in [0.3, 0.4) is 0 Å². The van der Waals surface area contributed by atoms with Gasteiger partial charge in [0.05, 0.1) is 6.42 Å². The van der Waals surface area contributed by atoms with Gasteiger partial charge in [0.2, 0.25) is 5.91 Å². The summed E-state index contributed by atoms with van der Waals surface area (Å²) in [7, 11) is 0. The molecular weight excluding hydrogens is 328 g/mol. The van der Waals surface area contributed by atoms with Crippen molar-refractivity contribution in [2.75, 3.05) is 13.1 Å². The van der Waals surface area contributed by atoms with Gasteiger partial charge in [-0.15, -0.1) is 12.4 Å². The van der Waals surface area contributed by atoms with E-state index in [0.717, 1.165) is 29.5 Å². The molecule has 0 bridgehead atoms. The Labute approximate surface area is 129 Å². The molecule has 2 unspecified atom stereocenters. The highest BCUT2D eigenvalue weighted by molar-refractivity contribution is 9.10. The van der Waals surface area contributed by atoms with Gasteiger partial charge in [-0.1, -0.05) is 35.0 Å². The molecule has 1 amide bonds. The molecule has 3 nitrogen and oxygen atoms in total. The Morgan fingerprint density at radius 2 is 2.05 bits per heavy atom. The van der Waals surface area contributed by atoms with Gasteiger partial charge in [0.15, 0.2) is 0 Å². The molecule has 0 aromatic heterocycles. The number of halogens is 2. The van der Waals surface area contributed by atoms with Crippen molar-refractivity contribution in [3.05, 3.63) is 34.3 Å². The minimum Gasteiger partial charge on any atom is -0.342 e. The van der Waals surface area contributed by atoms with Gasteiger partial charge in [-0.25, -0.2) is 0 Å². The van der Waals surface area contributed by atoms with Crippen molar-refractivity contribution in [2.24, 2.45) is 11.7 Å². The number of likely N-dealkylation sites (tertiary alicyclic amines) is 1. The summed E-state index contributed by atoms with van der Waals surface area (Å²) in [6.45, 7) is 3.70. The molecule has 1 saturated heterocycles. The number of amides is 1. The first-order valence-electron chi connectivity index (χ1n) is 6.34. The molecule has 19 heavy (non-hydrogen) atoms. The largest absolute Gasteiger partial charge is 0.342 e. The van der Waals surface area contributed by atoms with Crippen molar-refractivity contribution in [3.8, 4) is 0 Å². The van der Waals surface area contributed by atoms with Crippen LogP contribution in [-0.2, 0) is 11.2 Å². The molecule has 1 aliphatic heterocycles. The monoisotopic (exact) mass is 346 g/mol. The Kier molecular flexibility index (Phi) is 6.30. The predicted molar refractivity (Wildman–Crippen MR) is 83.4 cm³/mol. The average Bonchev–Trinajstić information content (AvgIpc) is 2.35. The lowest BCUT2D eigenvalue weighted by molar-refractivity contribution is -0.132. The van der Waals surface area contributed by atoms with E-state index in [-0.39, 0.29) is 24.4 Å². The molecule has 0 aliphatic carbocycles. The zero-order valence-electron chi connectivity index (χ0n) is 11.0. The lowest BCUT2D eigenvalue weighted by atomic mass is 9.94. The van der Waals surface area contributed by atoms with Gasteiger partial charge >= 0.3 is 0 Å². The van der Waals surface area contributed by atoms with Crippen LogP contribution in [0.2, 0.25) is 0 Å². The van der Waals surface area contributed by atoms with Crippen LogP contribution >= 0.6 is 28.3 Å². The molecule has 2 atom stereocenters. The lowest BCUT2D eigenvalue weighted by Crippen LogP contribution is -2.48. The molecule has 0 radical (unpaired) electrons. The Bertz CT molecular complexity index is 424. The number of rotatable bonds is 2. The van der Waals surface area contributed by atoms with Crippen molar-refractivity contribution in [3.63, 3.8) is 0 Å². The van der Waals surface area contributed by atoms with Gasteiger partial charge in [-0.2, -0.15) is 0 Å². The lowest BCUT2D eigenvalue weighted by Gasteiger charge is -2.35. The van der Waals surface area contributed by atoms with Crippen LogP contribution in [0.25, 0.3) is 0 Å². The summed E-state index contributed by atoms with van der Waals surface area (Å²) in [5.74, 6) is 0.601. The summed E-state index contributed by atoms with van der Waals surface area (Å²) in [4.78, 5) is 14.1. The van der Waals surface area contributed by atoms with Crippen LogP contribution in [0.1, 0.15) is 18.9 Å². The van der Waals surface area contributed by atoms with Gasteiger partial charge in [0, 0.05) is 23.6 Å². The number of hydrogen-bond acceptors (Lipinski definition) is 2. The van der Waals surface area contributed by atoms with E-state index in [2.05, 4.69) is 22.9 Å². The molecule has 0 saturated carbocycles. The van der Waals surface area contributed by atoms with Gasteiger partial charge in [0.25, 0.3) is 0 Å². The van der Waals surface area contributed by atoms with Gasteiger partial charge in [-0.3, -0.25) is 4.79 Å². The van der Waals surface area contributed by atoms with Gasteiger partial charge in [-0.05, 0) is 30.0 Å². The third kappa shape index (κ3) is 4.48. The second-order valence-corrected chi connectivity index (χ2v) is 5.99. The van der Waals surface area contributed by atoms with Crippen LogP contribution in [0.4, 0.5) is 0 Å². The molecule has 1 heterocycles. The van der Waals surface area contributed by atoms with E-state index >= 15 is 0 Å². The first-order valence-corrected chi connectivity index (χ1v) is 7.13. The number of hydrogen-bond donors (Lipinski definition) is 1. The summed E-state index contributed by atoms with van der Waals surface area (Å²) < 4.78 is 1.04. The fraction of sp³-hybridized carbons (Fsp3) is 0.500. The van der Waals surface area contributed by atoms with E-state index in [1.807, 2.05) is 29.2 Å². The van der Waals surface area contributed by atoms with E-state index in [0.29, 0.717) is 12.3 Å². The SMILES string of the molecule is CC1CN(C(=O)Cc2ccc(Br)cc2)CCC1N.Cl. The summed E-state index contributed by atoms with van der Waals surface area (Å²) in [5.41, 5.74) is 7.03. The van der Waals surface area contributed by atoms with Gasteiger partial charge < -0.3 is 10.6 Å². The second kappa shape index (κ2) is 7.27.